The average Bonchev–Trinajstić information content (AvgIpc) is 3.00. The van der Waals surface area contributed by atoms with Crippen molar-refractivity contribution in [3.05, 3.63) is 65.0 Å². The van der Waals surface area contributed by atoms with Crippen LogP contribution in [0.3, 0.4) is 0 Å². The molecule has 1 fully saturated rings. The summed E-state index contributed by atoms with van der Waals surface area (Å²) in [5.41, 5.74) is 9.17. The maximum absolute atomic E-state index is 13.0. The number of likely N-dealkylation sites (tertiary alicyclic amines) is 1. The number of nitrogen functional groups attached to an aromatic ring is 1. The van der Waals surface area contributed by atoms with Crippen molar-refractivity contribution in [3.63, 3.8) is 0 Å². The molecule has 2 aromatic carbocycles. The van der Waals surface area contributed by atoms with Crippen molar-refractivity contribution in [2.24, 2.45) is 5.92 Å². The number of benzene rings is 2. The zero-order valence-corrected chi connectivity index (χ0v) is 13.3. The van der Waals surface area contributed by atoms with E-state index in [0.29, 0.717) is 17.2 Å². The fourth-order valence-electron chi connectivity index (χ4n) is 3.18. The Bertz CT molecular complexity index is 712. The molecule has 1 amide bonds. The van der Waals surface area contributed by atoms with Crippen LogP contribution in [0, 0.1) is 18.7 Å². The van der Waals surface area contributed by atoms with E-state index in [0.717, 1.165) is 37.1 Å². The van der Waals surface area contributed by atoms with Crippen LogP contribution in [0.5, 0.6) is 0 Å². The van der Waals surface area contributed by atoms with Crippen LogP contribution >= 0.6 is 0 Å². The van der Waals surface area contributed by atoms with Gasteiger partial charge in [-0.2, -0.15) is 0 Å². The predicted molar refractivity (Wildman–Crippen MR) is 89.7 cm³/mol. The van der Waals surface area contributed by atoms with Crippen molar-refractivity contribution in [1.82, 2.24) is 4.90 Å². The lowest BCUT2D eigenvalue weighted by atomic mass is 9.99. The van der Waals surface area contributed by atoms with E-state index in [1.54, 1.807) is 6.07 Å². The first-order chi connectivity index (χ1) is 11.0. The lowest BCUT2D eigenvalue weighted by molar-refractivity contribution is 0.0786. The van der Waals surface area contributed by atoms with E-state index in [1.807, 2.05) is 36.1 Å². The summed E-state index contributed by atoms with van der Waals surface area (Å²) in [6.07, 6.45) is 1.85. The zero-order chi connectivity index (χ0) is 16.4. The summed E-state index contributed by atoms with van der Waals surface area (Å²) in [5.74, 6) is 0.260. The van der Waals surface area contributed by atoms with Gasteiger partial charge in [0, 0.05) is 24.3 Å². The minimum atomic E-state index is -0.214. The van der Waals surface area contributed by atoms with Crippen LogP contribution in [-0.4, -0.2) is 23.9 Å². The molecule has 0 radical (unpaired) electrons. The van der Waals surface area contributed by atoms with E-state index in [9.17, 15) is 9.18 Å². The van der Waals surface area contributed by atoms with Crippen molar-refractivity contribution in [3.8, 4) is 0 Å². The number of carbonyl (C=O) groups excluding carboxylic acids is 1. The van der Waals surface area contributed by atoms with Crippen LogP contribution in [-0.2, 0) is 6.42 Å². The molecule has 0 spiro atoms. The first-order valence-electron chi connectivity index (χ1n) is 7.93. The third kappa shape index (κ3) is 3.52. The molecule has 3 rings (SSSR count). The molecular formula is C19H21FN2O. The van der Waals surface area contributed by atoms with Crippen LogP contribution in [0.4, 0.5) is 10.1 Å². The van der Waals surface area contributed by atoms with Crippen LogP contribution < -0.4 is 5.73 Å². The van der Waals surface area contributed by atoms with Crippen LogP contribution in [0.15, 0.2) is 42.5 Å². The van der Waals surface area contributed by atoms with E-state index >= 15 is 0 Å². The number of rotatable bonds is 3. The predicted octanol–water partition coefficient (Wildman–Crippen LogP) is 3.42. The first-order valence-corrected chi connectivity index (χ1v) is 7.93. The van der Waals surface area contributed by atoms with E-state index in [4.69, 9.17) is 5.73 Å². The number of carbonyl (C=O) groups is 1. The summed E-state index contributed by atoms with van der Waals surface area (Å²) in [5, 5.41) is 0. The highest BCUT2D eigenvalue weighted by molar-refractivity contribution is 5.96. The summed E-state index contributed by atoms with van der Waals surface area (Å²) in [7, 11) is 0. The quantitative estimate of drug-likeness (QED) is 0.883. The molecule has 1 atom stereocenters. The zero-order valence-electron chi connectivity index (χ0n) is 13.3. The Labute approximate surface area is 135 Å². The molecule has 1 aliphatic rings. The number of aryl methyl sites for hydroxylation is 1. The van der Waals surface area contributed by atoms with Gasteiger partial charge in [-0.15, -0.1) is 0 Å². The van der Waals surface area contributed by atoms with Crippen molar-refractivity contribution in [2.45, 2.75) is 19.8 Å². The number of nitrogens with zero attached hydrogens (tertiary/aromatic N) is 1. The number of hydrogen-bond donors (Lipinski definition) is 1. The summed E-state index contributed by atoms with van der Waals surface area (Å²) < 4.78 is 13.0. The maximum atomic E-state index is 13.0. The minimum absolute atomic E-state index is 0.0522. The summed E-state index contributed by atoms with van der Waals surface area (Å²) in [6.45, 7) is 3.43. The Hall–Kier alpha value is -2.36. The van der Waals surface area contributed by atoms with E-state index in [-0.39, 0.29) is 11.7 Å². The number of hydrogen-bond acceptors (Lipinski definition) is 2. The van der Waals surface area contributed by atoms with Crippen molar-refractivity contribution in [2.75, 3.05) is 18.8 Å². The molecule has 23 heavy (non-hydrogen) atoms. The fraction of sp³-hybridized carbons (Fsp3) is 0.316. The molecule has 0 aliphatic carbocycles. The van der Waals surface area contributed by atoms with Crippen LogP contribution in [0.25, 0.3) is 0 Å². The second-order valence-corrected chi connectivity index (χ2v) is 6.31. The van der Waals surface area contributed by atoms with Gasteiger partial charge in [-0.3, -0.25) is 4.79 Å². The fourth-order valence-corrected chi connectivity index (χ4v) is 3.18. The van der Waals surface area contributed by atoms with Crippen LogP contribution in [0.1, 0.15) is 27.9 Å². The van der Waals surface area contributed by atoms with E-state index < -0.39 is 0 Å². The minimum Gasteiger partial charge on any atom is -0.399 e. The molecular weight excluding hydrogens is 291 g/mol. The van der Waals surface area contributed by atoms with Gasteiger partial charge in [-0.1, -0.05) is 18.2 Å². The summed E-state index contributed by atoms with van der Waals surface area (Å²) in [6, 6.07) is 12.1. The highest BCUT2D eigenvalue weighted by atomic mass is 19.1. The lowest BCUT2D eigenvalue weighted by Gasteiger charge is -2.18. The van der Waals surface area contributed by atoms with Gasteiger partial charge in [0.05, 0.1) is 0 Å². The van der Waals surface area contributed by atoms with Crippen molar-refractivity contribution in [1.29, 1.82) is 0 Å². The molecule has 1 saturated heterocycles. The second-order valence-electron chi connectivity index (χ2n) is 6.31. The third-order valence-electron chi connectivity index (χ3n) is 4.50. The topological polar surface area (TPSA) is 46.3 Å². The number of amides is 1. The highest BCUT2D eigenvalue weighted by Crippen LogP contribution is 2.24. The van der Waals surface area contributed by atoms with E-state index in [1.165, 1.54) is 12.1 Å². The van der Waals surface area contributed by atoms with Gasteiger partial charge in [-0.25, -0.2) is 4.39 Å². The van der Waals surface area contributed by atoms with Gasteiger partial charge in [0.15, 0.2) is 0 Å². The number of halogens is 1. The van der Waals surface area contributed by atoms with Gasteiger partial charge < -0.3 is 10.6 Å². The molecule has 120 valence electrons. The van der Waals surface area contributed by atoms with Crippen molar-refractivity contribution < 1.29 is 9.18 Å². The Morgan fingerprint density at radius 3 is 2.74 bits per heavy atom. The monoisotopic (exact) mass is 312 g/mol. The maximum Gasteiger partial charge on any atom is 0.254 e. The molecule has 1 aliphatic heterocycles. The normalized spacial score (nSPS) is 17.5. The third-order valence-corrected chi connectivity index (χ3v) is 4.50. The van der Waals surface area contributed by atoms with E-state index in [2.05, 4.69) is 0 Å². The molecule has 0 aromatic heterocycles. The van der Waals surface area contributed by atoms with Gasteiger partial charge in [0.25, 0.3) is 5.91 Å². The lowest BCUT2D eigenvalue weighted by Crippen LogP contribution is -2.29. The first kappa shape index (κ1) is 15.5. The van der Waals surface area contributed by atoms with Gasteiger partial charge >= 0.3 is 0 Å². The Kier molecular flexibility index (Phi) is 4.33. The van der Waals surface area contributed by atoms with Crippen LogP contribution in [0.2, 0.25) is 0 Å². The summed E-state index contributed by atoms with van der Waals surface area (Å²) >= 11 is 0. The highest BCUT2D eigenvalue weighted by Gasteiger charge is 2.27. The number of nitrogens with two attached hydrogens (primary N) is 1. The average molecular weight is 312 g/mol. The standard InChI is InChI=1S/C19H21FN2O/c1-13-2-7-17(21)11-18(13)19(23)22-9-8-15(12-22)10-14-3-5-16(20)6-4-14/h2-7,11,15H,8-10,12,21H2,1H3. The Morgan fingerprint density at radius 1 is 1.26 bits per heavy atom. The largest absolute Gasteiger partial charge is 0.399 e. The molecule has 1 unspecified atom stereocenters. The second kappa shape index (κ2) is 6.41. The molecule has 2 aromatic rings. The molecule has 1 heterocycles. The smallest absolute Gasteiger partial charge is 0.254 e. The summed E-state index contributed by atoms with van der Waals surface area (Å²) in [4.78, 5) is 14.6. The molecule has 4 heteroatoms. The molecule has 0 bridgehead atoms. The van der Waals surface area contributed by atoms with Crippen molar-refractivity contribution >= 4 is 11.6 Å². The molecule has 0 saturated carbocycles. The number of anilines is 1. The Morgan fingerprint density at radius 2 is 2.00 bits per heavy atom. The molecule has 2 N–H and O–H groups in total. The SMILES string of the molecule is Cc1ccc(N)cc1C(=O)N1CCC(Cc2ccc(F)cc2)C1. The molecule has 3 nitrogen and oxygen atoms in total. The van der Waals surface area contributed by atoms with Gasteiger partial charge in [0.1, 0.15) is 5.82 Å². The van der Waals surface area contributed by atoms with Gasteiger partial charge in [-0.05, 0) is 61.1 Å². The van der Waals surface area contributed by atoms with Gasteiger partial charge in [0.2, 0.25) is 0 Å². The Balaban J connectivity index is 1.66.